The number of sulfonamides is 1. The van der Waals surface area contributed by atoms with Gasteiger partial charge in [0.05, 0.1) is 6.20 Å². The van der Waals surface area contributed by atoms with Gasteiger partial charge in [-0.2, -0.15) is 0 Å². The van der Waals surface area contributed by atoms with Crippen molar-refractivity contribution in [3.8, 4) is 0 Å². The molecule has 0 radical (unpaired) electrons. The Morgan fingerprint density at radius 1 is 1.30 bits per heavy atom. The van der Waals surface area contributed by atoms with Gasteiger partial charge >= 0.3 is 0 Å². The highest BCUT2D eigenvalue weighted by atomic mass is 35.5. The zero-order valence-electron chi connectivity index (χ0n) is 10.1. The number of nitrogens with zero attached hydrogens (tertiary/aromatic N) is 1. The van der Waals surface area contributed by atoms with Gasteiger partial charge in [0.15, 0.2) is 8.68 Å². The molecule has 0 bridgehead atoms. The molecule has 20 heavy (non-hydrogen) atoms. The molecule has 1 heterocycles. The van der Waals surface area contributed by atoms with Crippen molar-refractivity contribution in [2.75, 3.05) is 0 Å². The first-order valence-electron chi connectivity index (χ1n) is 5.38. The Bertz CT molecular complexity index is 731. The molecule has 0 fully saturated rings. The first-order valence-corrected chi connectivity index (χ1v) is 8.81. The minimum absolute atomic E-state index is 0.0550. The standard InChI is InChI=1S/C11H9Cl3N2O2S2/c1-6(8-3-2-7(12)4-9(8)13)16-20(17,18)10-5-15-11(14)19-10/h2-6,16H,1H3. The molecule has 1 unspecified atom stereocenters. The highest BCUT2D eigenvalue weighted by Gasteiger charge is 2.22. The lowest BCUT2D eigenvalue weighted by molar-refractivity contribution is 0.569. The Balaban J connectivity index is 2.25. The molecule has 0 saturated carbocycles. The highest BCUT2D eigenvalue weighted by Crippen LogP contribution is 2.28. The Hall–Kier alpha value is -0.370. The molecule has 0 saturated heterocycles. The lowest BCUT2D eigenvalue weighted by atomic mass is 10.1. The van der Waals surface area contributed by atoms with E-state index in [1.54, 1.807) is 25.1 Å². The van der Waals surface area contributed by atoms with Crippen LogP contribution in [0.2, 0.25) is 14.5 Å². The lowest BCUT2D eigenvalue weighted by Crippen LogP contribution is -2.26. The van der Waals surface area contributed by atoms with Crippen molar-refractivity contribution >= 4 is 56.2 Å². The van der Waals surface area contributed by atoms with E-state index in [0.29, 0.717) is 15.6 Å². The molecule has 2 aromatic rings. The van der Waals surface area contributed by atoms with E-state index in [2.05, 4.69) is 9.71 Å². The zero-order valence-corrected chi connectivity index (χ0v) is 14.0. The van der Waals surface area contributed by atoms with E-state index in [4.69, 9.17) is 34.8 Å². The summed E-state index contributed by atoms with van der Waals surface area (Å²) in [6.45, 7) is 1.69. The van der Waals surface area contributed by atoms with Crippen LogP contribution in [0.3, 0.4) is 0 Å². The monoisotopic (exact) mass is 370 g/mol. The quantitative estimate of drug-likeness (QED) is 0.878. The lowest BCUT2D eigenvalue weighted by Gasteiger charge is -2.15. The number of hydrogen-bond acceptors (Lipinski definition) is 4. The predicted octanol–water partition coefficient (Wildman–Crippen LogP) is 4.14. The summed E-state index contributed by atoms with van der Waals surface area (Å²) < 4.78 is 27.0. The van der Waals surface area contributed by atoms with Gasteiger partial charge in [-0.15, -0.1) is 0 Å². The molecule has 0 aliphatic rings. The summed E-state index contributed by atoms with van der Waals surface area (Å²) in [7, 11) is -3.68. The van der Waals surface area contributed by atoms with Crippen molar-refractivity contribution in [2.24, 2.45) is 0 Å². The Morgan fingerprint density at radius 3 is 2.55 bits per heavy atom. The van der Waals surface area contributed by atoms with Crippen LogP contribution < -0.4 is 4.72 Å². The minimum atomic E-state index is -3.68. The van der Waals surface area contributed by atoms with Gasteiger partial charge in [0.1, 0.15) is 0 Å². The Kier molecular flexibility index (Phi) is 4.94. The molecule has 2 rings (SSSR count). The summed E-state index contributed by atoms with van der Waals surface area (Å²) >= 11 is 18.4. The first-order chi connectivity index (χ1) is 9.29. The van der Waals surface area contributed by atoms with Crippen LogP contribution in [0.5, 0.6) is 0 Å². The molecular formula is C11H9Cl3N2O2S2. The molecule has 0 aliphatic heterocycles. The van der Waals surface area contributed by atoms with Gasteiger partial charge in [-0.1, -0.05) is 52.2 Å². The van der Waals surface area contributed by atoms with Crippen LogP contribution in [0.1, 0.15) is 18.5 Å². The summed E-state index contributed by atoms with van der Waals surface area (Å²) in [6, 6.07) is 4.38. The van der Waals surface area contributed by atoms with Gasteiger partial charge in [-0.05, 0) is 24.6 Å². The fourth-order valence-corrected chi connectivity index (χ4v) is 4.67. The van der Waals surface area contributed by atoms with Crippen molar-refractivity contribution in [1.29, 1.82) is 0 Å². The zero-order chi connectivity index (χ0) is 14.9. The van der Waals surface area contributed by atoms with Crippen LogP contribution in [0.15, 0.2) is 28.6 Å². The van der Waals surface area contributed by atoms with Gasteiger partial charge in [0.2, 0.25) is 0 Å². The first kappa shape index (κ1) is 16.0. The molecular weight excluding hydrogens is 363 g/mol. The smallest absolute Gasteiger partial charge is 0.232 e. The normalized spacial score (nSPS) is 13.4. The summed E-state index contributed by atoms with van der Waals surface area (Å²) in [6.07, 6.45) is 1.21. The van der Waals surface area contributed by atoms with E-state index in [1.807, 2.05) is 0 Å². The third-order valence-electron chi connectivity index (χ3n) is 2.48. The van der Waals surface area contributed by atoms with E-state index in [0.717, 1.165) is 11.3 Å². The average molecular weight is 372 g/mol. The topological polar surface area (TPSA) is 59.1 Å². The maximum atomic E-state index is 12.1. The number of thiazole rings is 1. The van der Waals surface area contributed by atoms with E-state index in [1.165, 1.54) is 6.20 Å². The van der Waals surface area contributed by atoms with Crippen molar-refractivity contribution < 1.29 is 8.42 Å². The Labute approximate surface area is 135 Å². The van der Waals surface area contributed by atoms with Gasteiger partial charge in [-0.3, -0.25) is 0 Å². The number of hydrogen-bond donors (Lipinski definition) is 1. The van der Waals surface area contributed by atoms with Crippen LogP contribution in [0.25, 0.3) is 0 Å². The van der Waals surface area contributed by atoms with Crippen LogP contribution >= 0.6 is 46.1 Å². The third kappa shape index (κ3) is 3.63. The Morgan fingerprint density at radius 2 is 2.00 bits per heavy atom. The molecule has 4 nitrogen and oxygen atoms in total. The number of benzene rings is 1. The van der Waals surface area contributed by atoms with Crippen molar-refractivity contribution in [3.63, 3.8) is 0 Å². The second-order valence-electron chi connectivity index (χ2n) is 3.94. The van der Waals surface area contributed by atoms with E-state index >= 15 is 0 Å². The van der Waals surface area contributed by atoms with Crippen molar-refractivity contribution in [3.05, 3.63) is 44.5 Å². The van der Waals surface area contributed by atoms with Gasteiger partial charge in [-0.25, -0.2) is 18.1 Å². The van der Waals surface area contributed by atoms with Crippen LogP contribution in [-0.4, -0.2) is 13.4 Å². The molecule has 0 amide bonds. The third-order valence-corrected chi connectivity index (χ3v) is 6.16. The van der Waals surface area contributed by atoms with Crippen molar-refractivity contribution in [1.82, 2.24) is 9.71 Å². The molecule has 1 N–H and O–H groups in total. The number of rotatable bonds is 4. The second-order valence-corrected chi connectivity index (χ2v) is 8.34. The summed E-state index contributed by atoms with van der Waals surface area (Å²) in [5.41, 5.74) is 0.634. The summed E-state index contributed by atoms with van der Waals surface area (Å²) in [5, 5.41) is 0.887. The molecule has 108 valence electrons. The van der Waals surface area contributed by atoms with Gasteiger partial charge in [0, 0.05) is 16.1 Å². The largest absolute Gasteiger partial charge is 0.252 e. The molecule has 1 atom stereocenters. The van der Waals surface area contributed by atoms with Crippen LogP contribution in [0.4, 0.5) is 0 Å². The minimum Gasteiger partial charge on any atom is -0.232 e. The van der Waals surface area contributed by atoms with Gasteiger partial charge < -0.3 is 0 Å². The molecule has 1 aromatic carbocycles. The molecule has 9 heteroatoms. The molecule has 0 aliphatic carbocycles. The summed E-state index contributed by atoms with van der Waals surface area (Å²) in [5.74, 6) is 0. The van der Waals surface area contributed by atoms with E-state index in [9.17, 15) is 8.42 Å². The molecule has 0 spiro atoms. The fourth-order valence-electron chi connectivity index (χ4n) is 1.57. The average Bonchev–Trinajstić information content (AvgIpc) is 2.75. The van der Waals surface area contributed by atoms with E-state index in [-0.39, 0.29) is 8.68 Å². The van der Waals surface area contributed by atoms with Crippen molar-refractivity contribution in [2.45, 2.75) is 17.2 Å². The number of halogens is 3. The van der Waals surface area contributed by atoms with Gasteiger partial charge in [0.25, 0.3) is 10.0 Å². The maximum Gasteiger partial charge on any atom is 0.252 e. The number of aromatic nitrogens is 1. The second kappa shape index (κ2) is 6.17. The predicted molar refractivity (Wildman–Crippen MR) is 82.3 cm³/mol. The van der Waals surface area contributed by atoms with Crippen LogP contribution in [0, 0.1) is 0 Å². The molecule has 1 aromatic heterocycles. The van der Waals surface area contributed by atoms with E-state index < -0.39 is 16.1 Å². The van der Waals surface area contributed by atoms with Crippen LogP contribution in [-0.2, 0) is 10.0 Å². The fraction of sp³-hybridized carbons (Fsp3) is 0.182. The maximum absolute atomic E-state index is 12.1. The number of nitrogens with one attached hydrogen (secondary N) is 1. The SMILES string of the molecule is CC(NS(=O)(=O)c1cnc(Cl)s1)c1ccc(Cl)cc1Cl. The highest BCUT2D eigenvalue weighted by molar-refractivity contribution is 7.91. The summed E-state index contributed by atoms with van der Waals surface area (Å²) in [4.78, 5) is 3.71.